The first-order valence-corrected chi connectivity index (χ1v) is 14.9. The summed E-state index contributed by atoms with van der Waals surface area (Å²) in [6, 6.07) is 55.4. The summed E-state index contributed by atoms with van der Waals surface area (Å²) in [6.07, 6.45) is 0. The van der Waals surface area contributed by atoms with Crippen molar-refractivity contribution in [3.8, 4) is 39.5 Å². The third-order valence-electron chi connectivity index (χ3n) is 8.50. The van der Waals surface area contributed by atoms with Gasteiger partial charge in [0.2, 0.25) is 0 Å². The molecule has 0 N–H and O–H groups in total. The predicted molar refractivity (Wildman–Crippen MR) is 181 cm³/mol. The first-order chi connectivity index (χ1) is 21.8. The Hall–Kier alpha value is -6.00. The lowest BCUT2D eigenvalue weighted by atomic mass is 10.0. The van der Waals surface area contributed by atoms with Gasteiger partial charge in [-0.1, -0.05) is 121 Å². The van der Waals surface area contributed by atoms with Gasteiger partial charge in [-0.15, -0.1) is 0 Å². The summed E-state index contributed by atoms with van der Waals surface area (Å²) in [7, 11) is 0. The van der Waals surface area contributed by atoms with Gasteiger partial charge in [-0.25, -0.2) is 9.97 Å². The molecule has 4 nitrogen and oxygen atoms in total. The summed E-state index contributed by atoms with van der Waals surface area (Å²) < 4.78 is 4.82. The summed E-state index contributed by atoms with van der Waals surface area (Å²) >= 11 is 0. The van der Waals surface area contributed by atoms with Crippen LogP contribution < -0.4 is 0 Å². The lowest BCUT2D eigenvalue weighted by Crippen LogP contribution is -1.98. The van der Waals surface area contributed by atoms with Gasteiger partial charge in [0.25, 0.3) is 0 Å². The molecule has 6 aromatic carbocycles. The number of imidazole rings is 1. The van der Waals surface area contributed by atoms with E-state index in [4.69, 9.17) is 9.97 Å². The summed E-state index contributed by atoms with van der Waals surface area (Å²) in [6.45, 7) is 0. The Morgan fingerprint density at radius 2 is 1.05 bits per heavy atom. The maximum absolute atomic E-state index is 5.16. The fourth-order valence-electron chi connectivity index (χ4n) is 6.59. The minimum absolute atomic E-state index is 0.725. The van der Waals surface area contributed by atoms with Crippen LogP contribution in [0.4, 0.5) is 0 Å². The number of nitrogens with zero attached hydrogens (tertiary/aromatic N) is 4. The van der Waals surface area contributed by atoms with Crippen LogP contribution in [0.3, 0.4) is 0 Å². The van der Waals surface area contributed by atoms with Gasteiger partial charge in [-0.3, -0.25) is 8.97 Å². The minimum Gasteiger partial charge on any atom is -0.293 e. The van der Waals surface area contributed by atoms with Gasteiger partial charge in [-0.05, 0) is 42.0 Å². The Morgan fingerprint density at radius 3 is 1.84 bits per heavy atom. The van der Waals surface area contributed by atoms with Crippen molar-refractivity contribution < 1.29 is 0 Å². The standard InChI is InChI=1S/C40H26N4/c1-3-14-27(15-4-1)37-32-21-8-10-23-34(32)44-36-25-12-11-24-35(36)43(40(37)44)30-19-13-18-29(26-30)38-31-20-7-9-22-33(31)41-39(42-38)28-16-5-2-6-17-28/h1-26H. The van der Waals surface area contributed by atoms with Gasteiger partial charge < -0.3 is 0 Å². The van der Waals surface area contributed by atoms with Crippen molar-refractivity contribution >= 4 is 38.5 Å². The lowest BCUT2D eigenvalue weighted by Gasteiger charge is -2.13. The molecule has 0 saturated heterocycles. The van der Waals surface area contributed by atoms with Gasteiger partial charge in [0.05, 0.1) is 27.8 Å². The van der Waals surface area contributed by atoms with Crippen LogP contribution in [0.1, 0.15) is 0 Å². The molecule has 4 heteroatoms. The Morgan fingerprint density at radius 1 is 0.432 bits per heavy atom. The average Bonchev–Trinajstić information content (AvgIpc) is 3.61. The highest BCUT2D eigenvalue weighted by atomic mass is 15.1. The lowest BCUT2D eigenvalue weighted by molar-refractivity contribution is 1.15. The number of fused-ring (bicyclic) bond motifs is 6. The molecule has 44 heavy (non-hydrogen) atoms. The van der Waals surface area contributed by atoms with E-state index in [9.17, 15) is 0 Å². The molecule has 0 amide bonds. The van der Waals surface area contributed by atoms with Crippen LogP contribution in [0.5, 0.6) is 0 Å². The summed E-state index contributed by atoms with van der Waals surface area (Å²) in [4.78, 5) is 10.1. The van der Waals surface area contributed by atoms with Crippen molar-refractivity contribution in [1.29, 1.82) is 0 Å². The van der Waals surface area contributed by atoms with Crippen LogP contribution in [0.15, 0.2) is 158 Å². The fourth-order valence-corrected chi connectivity index (χ4v) is 6.59. The van der Waals surface area contributed by atoms with Gasteiger partial charge >= 0.3 is 0 Å². The van der Waals surface area contributed by atoms with Crippen LogP contribution in [0.2, 0.25) is 0 Å². The first kappa shape index (κ1) is 24.6. The molecule has 9 aromatic rings. The second-order valence-corrected chi connectivity index (χ2v) is 11.1. The number of hydrogen-bond acceptors (Lipinski definition) is 2. The van der Waals surface area contributed by atoms with E-state index in [0.29, 0.717) is 0 Å². The zero-order chi connectivity index (χ0) is 29.0. The van der Waals surface area contributed by atoms with Crippen LogP contribution >= 0.6 is 0 Å². The van der Waals surface area contributed by atoms with E-state index in [2.05, 4.69) is 142 Å². The van der Waals surface area contributed by atoms with Crippen molar-refractivity contribution in [3.63, 3.8) is 0 Å². The van der Waals surface area contributed by atoms with Gasteiger partial charge in [-0.2, -0.15) is 0 Å². The molecule has 0 saturated carbocycles. The van der Waals surface area contributed by atoms with E-state index < -0.39 is 0 Å². The maximum atomic E-state index is 5.16. The molecular formula is C40H26N4. The highest BCUT2D eigenvalue weighted by molar-refractivity contribution is 6.09. The fraction of sp³-hybridized carbons (Fsp3) is 0. The topological polar surface area (TPSA) is 35.1 Å². The van der Waals surface area contributed by atoms with Crippen LogP contribution in [0.25, 0.3) is 77.9 Å². The molecule has 0 atom stereocenters. The Balaban J connectivity index is 1.36. The van der Waals surface area contributed by atoms with Gasteiger partial charge in [0.1, 0.15) is 5.65 Å². The first-order valence-electron chi connectivity index (χ1n) is 14.9. The van der Waals surface area contributed by atoms with Crippen molar-refractivity contribution in [2.75, 3.05) is 0 Å². The number of benzene rings is 6. The molecule has 9 rings (SSSR count). The van der Waals surface area contributed by atoms with Crippen LogP contribution in [-0.2, 0) is 0 Å². The van der Waals surface area contributed by atoms with E-state index in [-0.39, 0.29) is 0 Å². The van der Waals surface area contributed by atoms with Crippen LogP contribution in [0, 0.1) is 0 Å². The SMILES string of the molecule is c1ccc(-c2nc(-c3cccc(-n4c5ccccc5n5c6ccccc6c(-c6ccccc6)c45)c3)c3ccccc3n2)cc1. The summed E-state index contributed by atoms with van der Waals surface area (Å²) in [5.41, 5.74) is 12.1. The summed E-state index contributed by atoms with van der Waals surface area (Å²) in [5, 5.41) is 2.27. The number of para-hydroxylation sites is 4. The second kappa shape index (κ2) is 9.79. The zero-order valence-corrected chi connectivity index (χ0v) is 23.8. The smallest absolute Gasteiger partial charge is 0.160 e. The van der Waals surface area contributed by atoms with Gasteiger partial charge in [0.15, 0.2) is 5.82 Å². The number of rotatable bonds is 4. The maximum Gasteiger partial charge on any atom is 0.160 e. The third-order valence-corrected chi connectivity index (χ3v) is 8.50. The third kappa shape index (κ3) is 3.71. The molecule has 0 radical (unpaired) electrons. The number of aromatic nitrogens is 4. The van der Waals surface area contributed by atoms with Crippen molar-refractivity contribution in [3.05, 3.63) is 158 Å². The van der Waals surface area contributed by atoms with E-state index in [0.717, 1.165) is 50.4 Å². The molecule has 3 aromatic heterocycles. The second-order valence-electron chi connectivity index (χ2n) is 11.1. The summed E-state index contributed by atoms with van der Waals surface area (Å²) in [5.74, 6) is 0.725. The Kier molecular flexibility index (Phi) is 5.47. The molecule has 0 unspecified atom stereocenters. The molecule has 3 heterocycles. The van der Waals surface area contributed by atoms with Crippen LogP contribution in [-0.4, -0.2) is 18.9 Å². The monoisotopic (exact) mass is 562 g/mol. The van der Waals surface area contributed by atoms with Crippen molar-refractivity contribution in [2.24, 2.45) is 0 Å². The van der Waals surface area contributed by atoms with Gasteiger partial charge in [0, 0.05) is 33.2 Å². The van der Waals surface area contributed by atoms with E-state index in [1.165, 1.54) is 27.5 Å². The van der Waals surface area contributed by atoms with E-state index >= 15 is 0 Å². The highest BCUT2D eigenvalue weighted by Gasteiger charge is 2.22. The van der Waals surface area contributed by atoms with E-state index in [1.807, 2.05) is 24.3 Å². The Labute approximate surface area is 254 Å². The molecule has 0 fully saturated rings. The average molecular weight is 563 g/mol. The highest BCUT2D eigenvalue weighted by Crippen LogP contribution is 2.41. The predicted octanol–water partition coefficient (Wildman–Crippen LogP) is 9.98. The molecule has 206 valence electrons. The molecule has 0 spiro atoms. The Bertz CT molecular complexity index is 2490. The van der Waals surface area contributed by atoms with Crippen molar-refractivity contribution in [1.82, 2.24) is 18.9 Å². The number of hydrogen-bond donors (Lipinski definition) is 0. The quantitative estimate of drug-likeness (QED) is 0.214. The molecule has 0 aliphatic carbocycles. The zero-order valence-electron chi connectivity index (χ0n) is 23.8. The molecule has 0 aliphatic rings. The largest absolute Gasteiger partial charge is 0.293 e. The normalized spacial score (nSPS) is 11.6. The molecule has 0 aliphatic heterocycles. The minimum atomic E-state index is 0.725. The van der Waals surface area contributed by atoms with Crippen molar-refractivity contribution in [2.45, 2.75) is 0 Å². The van der Waals surface area contributed by atoms with E-state index in [1.54, 1.807) is 0 Å². The molecular weight excluding hydrogens is 536 g/mol. The molecule has 0 bridgehead atoms.